The lowest BCUT2D eigenvalue weighted by atomic mass is 10.2. The number of thioether (sulfide) groups is 1. The number of nitrogens with zero attached hydrogens (tertiary/aromatic N) is 4. The van der Waals surface area contributed by atoms with Gasteiger partial charge in [-0.15, -0.1) is 10.2 Å². The molecule has 8 heteroatoms. The number of furan rings is 1. The van der Waals surface area contributed by atoms with E-state index < -0.39 is 0 Å². The third-order valence-electron chi connectivity index (χ3n) is 3.77. The highest BCUT2D eigenvalue weighted by molar-refractivity contribution is 7.99. The van der Waals surface area contributed by atoms with Gasteiger partial charge in [0.25, 0.3) is 5.91 Å². The third-order valence-corrected chi connectivity index (χ3v) is 4.73. The van der Waals surface area contributed by atoms with Crippen LogP contribution in [0.3, 0.4) is 0 Å². The molecule has 0 bridgehead atoms. The number of benzene rings is 1. The smallest absolute Gasteiger partial charge is 0.250 e. The van der Waals surface area contributed by atoms with Crippen molar-refractivity contribution < 1.29 is 9.21 Å². The van der Waals surface area contributed by atoms with Crippen LogP contribution in [0.2, 0.25) is 0 Å². The predicted octanol–water partition coefficient (Wildman–Crippen LogP) is 3.86. The molecule has 0 atom stereocenters. The standard InChI is InChI=1S/C20H21N5O2S/c1-3-25-19(16-8-5-4-6-9-16)23-24-20(25)28-14-18(26)22-21-13-15(2)12-17-10-7-11-27-17/h4-13H,3,14H2,1-2H3,(H,22,26)/b15-12-,21-13-. The molecule has 2 aromatic heterocycles. The Morgan fingerprint density at radius 1 is 1.25 bits per heavy atom. The minimum atomic E-state index is -0.209. The molecule has 3 rings (SSSR count). The molecule has 0 aliphatic carbocycles. The van der Waals surface area contributed by atoms with Gasteiger partial charge in [0.1, 0.15) is 5.76 Å². The van der Waals surface area contributed by atoms with Crippen LogP contribution in [-0.4, -0.2) is 32.6 Å². The van der Waals surface area contributed by atoms with Crippen LogP contribution in [0.5, 0.6) is 0 Å². The fourth-order valence-corrected chi connectivity index (χ4v) is 3.28. The Kier molecular flexibility index (Phi) is 6.80. The van der Waals surface area contributed by atoms with Gasteiger partial charge in [-0.2, -0.15) is 5.10 Å². The molecule has 1 amide bonds. The summed E-state index contributed by atoms with van der Waals surface area (Å²) in [5.41, 5.74) is 4.38. The number of hydrogen-bond acceptors (Lipinski definition) is 6. The molecular formula is C20H21N5O2S. The molecule has 7 nitrogen and oxygen atoms in total. The van der Waals surface area contributed by atoms with Gasteiger partial charge in [0, 0.05) is 12.1 Å². The van der Waals surface area contributed by atoms with Crippen molar-refractivity contribution in [3.63, 3.8) is 0 Å². The lowest BCUT2D eigenvalue weighted by molar-refractivity contribution is -0.118. The molecule has 0 fully saturated rings. The van der Waals surface area contributed by atoms with Gasteiger partial charge in [-0.25, -0.2) is 5.43 Å². The number of nitrogens with one attached hydrogen (secondary N) is 1. The number of allylic oxidation sites excluding steroid dienone is 1. The van der Waals surface area contributed by atoms with Gasteiger partial charge in [-0.05, 0) is 37.6 Å². The highest BCUT2D eigenvalue weighted by Gasteiger charge is 2.14. The summed E-state index contributed by atoms with van der Waals surface area (Å²) in [4.78, 5) is 12.1. The monoisotopic (exact) mass is 395 g/mol. The summed E-state index contributed by atoms with van der Waals surface area (Å²) in [6.07, 6.45) is 5.01. The van der Waals surface area contributed by atoms with E-state index in [0.717, 1.165) is 29.3 Å². The summed E-state index contributed by atoms with van der Waals surface area (Å²) in [6, 6.07) is 13.5. The van der Waals surface area contributed by atoms with Crippen molar-refractivity contribution in [2.24, 2.45) is 5.10 Å². The lowest BCUT2D eigenvalue weighted by Gasteiger charge is -2.06. The topological polar surface area (TPSA) is 85.3 Å². The Morgan fingerprint density at radius 3 is 2.79 bits per heavy atom. The van der Waals surface area contributed by atoms with E-state index in [1.54, 1.807) is 12.5 Å². The van der Waals surface area contributed by atoms with Gasteiger partial charge in [-0.1, -0.05) is 42.1 Å². The fraction of sp³-hybridized carbons (Fsp3) is 0.200. The normalized spacial score (nSPS) is 11.9. The maximum Gasteiger partial charge on any atom is 0.250 e. The van der Waals surface area contributed by atoms with E-state index in [9.17, 15) is 4.79 Å². The molecule has 1 N–H and O–H groups in total. The number of carbonyl (C=O) groups is 1. The molecule has 2 heterocycles. The van der Waals surface area contributed by atoms with Crippen molar-refractivity contribution in [3.05, 3.63) is 60.1 Å². The highest BCUT2D eigenvalue weighted by Crippen LogP contribution is 2.23. The molecule has 0 spiro atoms. The van der Waals surface area contributed by atoms with E-state index in [1.807, 2.05) is 67.0 Å². The lowest BCUT2D eigenvalue weighted by Crippen LogP contribution is -2.20. The predicted molar refractivity (Wildman–Crippen MR) is 111 cm³/mol. The molecule has 28 heavy (non-hydrogen) atoms. The first-order valence-electron chi connectivity index (χ1n) is 8.82. The molecule has 0 aliphatic heterocycles. The van der Waals surface area contributed by atoms with Crippen molar-refractivity contribution in [1.82, 2.24) is 20.2 Å². The Hall–Kier alpha value is -3.13. The minimum Gasteiger partial charge on any atom is -0.465 e. The van der Waals surface area contributed by atoms with Crippen LogP contribution in [0, 0.1) is 0 Å². The van der Waals surface area contributed by atoms with Gasteiger partial charge >= 0.3 is 0 Å². The molecule has 1 aromatic carbocycles. The molecule has 0 radical (unpaired) electrons. The Balaban J connectivity index is 1.55. The van der Waals surface area contributed by atoms with Crippen LogP contribution >= 0.6 is 11.8 Å². The number of hydrogen-bond donors (Lipinski definition) is 1. The second-order valence-electron chi connectivity index (χ2n) is 5.90. The number of hydrazone groups is 1. The van der Waals surface area contributed by atoms with Crippen LogP contribution in [0.25, 0.3) is 17.5 Å². The molecule has 144 valence electrons. The number of amides is 1. The zero-order valence-electron chi connectivity index (χ0n) is 15.7. The molecule has 0 saturated carbocycles. The number of aromatic nitrogens is 3. The summed E-state index contributed by atoms with van der Waals surface area (Å²) < 4.78 is 7.22. The first-order valence-corrected chi connectivity index (χ1v) is 9.81. The summed E-state index contributed by atoms with van der Waals surface area (Å²) in [7, 11) is 0. The van der Waals surface area contributed by atoms with Gasteiger partial charge in [-0.3, -0.25) is 4.79 Å². The molecule has 0 unspecified atom stereocenters. The Morgan fingerprint density at radius 2 is 2.07 bits per heavy atom. The molecular weight excluding hydrogens is 374 g/mol. The van der Waals surface area contributed by atoms with Crippen LogP contribution in [-0.2, 0) is 11.3 Å². The second kappa shape index (κ2) is 9.70. The summed E-state index contributed by atoms with van der Waals surface area (Å²) in [6.45, 7) is 4.62. The van der Waals surface area contributed by atoms with Crippen molar-refractivity contribution in [1.29, 1.82) is 0 Å². The largest absolute Gasteiger partial charge is 0.465 e. The van der Waals surface area contributed by atoms with E-state index in [-0.39, 0.29) is 11.7 Å². The zero-order chi connectivity index (χ0) is 19.8. The van der Waals surface area contributed by atoms with Crippen molar-refractivity contribution in [2.75, 3.05) is 5.75 Å². The molecule has 3 aromatic rings. The van der Waals surface area contributed by atoms with E-state index in [1.165, 1.54) is 11.8 Å². The first-order chi connectivity index (χ1) is 13.7. The van der Waals surface area contributed by atoms with Crippen LogP contribution in [0.15, 0.2) is 69.0 Å². The molecule has 0 saturated heterocycles. The average molecular weight is 395 g/mol. The van der Waals surface area contributed by atoms with Crippen molar-refractivity contribution in [3.8, 4) is 11.4 Å². The van der Waals surface area contributed by atoms with Gasteiger partial charge in [0.15, 0.2) is 11.0 Å². The second-order valence-corrected chi connectivity index (χ2v) is 6.84. The van der Waals surface area contributed by atoms with Crippen molar-refractivity contribution >= 4 is 30.0 Å². The molecule has 0 aliphatic rings. The average Bonchev–Trinajstić information content (AvgIpc) is 3.36. The number of rotatable bonds is 8. The Labute approximate surface area is 167 Å². The van der Waals surface area contributed by atoms with Crippen molar-refractivity contribution in [2.45, 2.75) is 25.5 Å². The maximum atomic E-state index is 12.1. The fourth-order valence-electron chi connectivity index (χ4n) is 2.48. The summed E-state index contributed by atoms with van der Waals surface area (Å²) in [5.74, 6) is 1.52. The van der Waals surface area contributed by atoms with E-state index >= 15 is 0 Å². The van der Waals surface area contributed by atoms with Crippen LogP contribution in [0.1, 0.15) is 19.6 Å². The van der Waals surface area contributed by atoms with E-state index in [4.69, 9.17) is 4.42 Å². The van der Waals surface area contributed by atoms with Crippen LogP contribution in [0.4, 0.5) is 0 Å². The van der Waals surface area contributed by atoms with Gasteiger partial charge in [0.05, 0.1) is 18.2 Å². The van der Waals surface area contributed by atoms with Gasteiger partial charge in [0.2, 0.25) is 0 Å². The quantitative estimate of drug-likeness (QED) is 0.356. The third kappa shape index (κ3) is 5.20. The van der Waals surface area contributed by atoms with Gasteiger partial charge < -0.3 is 8.98 Å². The summed E-state index contributed by atoms with van der Waals surface area (Å²) in [5, 5.41) is 13.2. The minimum absolute atomic E-state index is 0.200. The maximum absolute atomic E-state index is 12.1. The van der Waals surface area contributed by atoms with E-state index in [2.05, 4.69) is 20.7 Å². The van der Waals surface area contributed by atoms with E-state index in [0.29, 0.717) is 5.16 Å². The SMILES string of the molecule is CCn1c(SCC(=O)N/N=C\C(C)=C/c2ccco2)nnc1-c1ccccc1. The Bertz CT molecular complexity index is 962. The highest BCUT2D eigenvalue weighted by atomic mass is 32.2. The zero-order valence-corrected chi connectivity index (χ0v) is 16.5. The summed E-state index contributed by atoms with van der Waals surface area (Å²) >= 11 is 1.33. The first kappa shape index (κ1) is 19.6. The number of carbonyl (C=O) groups excluding carboxylic acids is 1. The van der Waals surface area contributed by atoms with Crippen LogP contribution < -0.4 is 5.43 Å².